The summed E-state index contributed by atoms with van der Waals surface area (Å²) in [4.78, 5) is 18.8. The van der Waals surface area contributed by atoms with Crippen LogP contribution in [0.4, 0.5) is 0 Å². The van der Waals surface area contributed by atoms with Crippen molar-refractivity contribution < 1.29 is 14.3 Å². The first kappa shape index (κ1) is 19.2. The maximum absolute atomic E-state index is 12.9. The average Bonchev–Trinajstić information content (AvgIpc) is 2.66. The van der Waals surface area contributed by atoms with Gasteiger partial charge in [0, 0.05) is 43.1 Å². The minimum atomic E-state index is 0.0248. The highest BCUT2D eigenvalue weighted by atomic mass is 16.5. The van der Waals surface area contributed by atoms with Gasteiger partial charge in [-0.3, -0.25) is 9.78 Å². The topological polar surface area (TPSA) is 63.7 Å². The molecule has 0 bridgehead atoms. The average molecular weight is 369 g/mol. The Kier molecular flexibility index (Phi) is 6.29. The van der Waals surface area contributed by atoms with Crippen molar-refractivity contribution in [3.8, 4) is 11.5 Å². The number of pyridine rings is 1. The number of benzene rings is 1. The molecule has 144 valence electrons. The quantitative estimate of drug-likeness (QED) is 0.848. The van der Waals surface area contributed by atoms with E-state index in [1.165, 1.54) is 0 Å². The lowest BCUT2D eigenvalue weighted by Crippen LogP contribution is -2.55. The van der Waals surface area contributed by atoms with Crippen LogP contribution in [0.2, 0.25) is 0 Å². The summed E-state index contributed by atoms with van der Waals surface area (Å²) in [7, 11) is 0. The molecule has 1 aromatic heterocycles. The van der Waals surface area contributed by atoms with E-state index in [-0.39, 0.29) is 18.0 Å². The van der Waals surface area contributed by atoms with Crippen molar-refractivity contribution >= 4 is 5.91 Å². The number of hydrogen-bond acceptors (Lipinski definition) is 5. The van der Waals surface area contributed by atoms with Crippen molar-refractivity contribution in [2.24, 2.45) is 0 Å². The Morgan fingerprint density at radius 2 is 1.81 bits per heavy atom. The summed E-state index contributed by atoms with van der Waals surface area (Å²) in [5.41, 5.74) is 1.65. The maximum Gasteiger partial charge on any atom is 0.254 e. The van der Waals surface area contributed by atoms with Crippen molar-refractivity contribution in [1.29, 1.82) is 0 Å². The Bertz CT molecular complexity index is 757. The lowest BCUT2D eigenvalue weighted by Gasteiger charge is -2.36. The Morgan fingerprint density at radius 1 is 1.11 bits per heavy atom. The second-order valence-electron chi connectivity index (χ2n) is 6.92. The molecule has 1 aromatic carbocycles. The van der Waals surface area contributed by atoms with E-state index in [4.69, 9.17) is 9.47 Å². The van der Waals surface area contributed by atoms with Crippen LogP contribution in [-0.4, -0.2) is 47.6 Å². The number of nitrogens with one attached hydrogen (secondary N) is 1. The minimum absolute atomic E-state index is 0.0248. The number of piperazine rings is 1. The van der Waals surface area contributed by atoms with Crippen molar-refractivity contribution in [1.82, 2.24) is 15.2 Å². The van der Waals surface area contributed by atoms with Gasteiger partial charge in [-0.15, -0.1) is 0 Å². The normalized spacial score (nSPS) is 19.6. The van der Waals surface area contributed by atoms with Crippen molar-refractivity contribution in [2.45, 2.75) is 39.5 Å². The van der Waals surface area contributed by atoms with Crippen molar-refractivity contribution in [3.63, 3.8) is 0 Å². The maximum atomic E-state index is 12.9. The van der Waals surface area contributed by atoms with Gasteiger partial charge in [0.05, 0.1) is 6.61 Å². The third-order valence-corrected chi connectivity index (χ3v) is 4.48. The second kappa shape index (κ2) is 8.86. The van der Waals surface area contributed by atoms with E-state index in [2.05, 4.69) is 24.1 Å². The van der Waals surface area contributed by atoms with E-state index >= 15 is 0 Å². The fourth-order valence-electron chi connectivity index (χ4n) is 3.34. The van der Waals surface area contributed by atoms with Crippen LogP contribution in [0.1, 0.15) is 36.7 Å². The molecule has 1 saturated heterocycles. The van der Waals surface area contributed by atoms with Crippen LogP contribution in [-0.2, 0) is 6.61 Å². The molecule has 0 aliphatic carbocycles. The van der Waals surface area contributed by atoms with Crippen LogP contribution >= 0.6 is 0 Å². The summed E-state index contributed by atoms with van der Waals surface area (Å²) >= 11 is 0. The van der Waals surface area contributed by atoms with E-state index in [1.807, 2.05) is 36.1 Å². The molecule has 2 aromatic rings. The summed E-state index contributed by atoms with van der Waals surface area (Å²) in [5.74, 6) is 1.25. The molecule has 1 fully saturated rings. The van der Waals surface area contributed by atoms with Crippen LogP contribution in [0.3, 0.4) is 0 Å². The van der Waals surface area contributed by atoms with Gasteiger partial charge in [0.25, 0.3) is 5.91 Å². The van der Waals surface area contributed by atoms with E-state index in [1.54, 1.807) is 18.5 Å². The van der Waals surface area contributed by atoms with Crippen LogP contribution in [0.25, 0.3) is 0 Å². The molecular weight excluding hydrogens is 342 g/mol. The number of carbonyl (C=O) groups is 1. The van der Waals surface area contributed by atoms with Crippen molar-refractivity contribution in [2.75, 3.05) is 19.7 Å². The summed E-state index contributed by atoms with van der Waals surface area (Å²) in [6.07, 6.45) is 3.47. The molecule has 1 aliphatic heterocycles. The third-order valence-electron chi connectivity index (χ3n) is 4.48. The molecule has 0 radical (unpaired) electrons. The van der Waals surface area contributed by atoms with Crippen LogP contribution in [0.15, 0.2) is 42.7 Å². The lowest BCUT2D eigenvalue weighted by molar-refractivity contribution is 0.0673. The number of aromatic nitrogens is 1. The molecule has 1 amide bonds. The molecule has 0 unspecified atom stereocenters. The Balaban J connectivity index is 1.75. The zero-order valence-electron chi connectivity index (χ0n) is 16.1. The highest BCUT2D eigenvalue weighted by Crippen LogP contribution is 2.30. The van der Waals surface area contributed by atoms with Gasteiger partial charge in [0.2, 0.25) is 0 Å². The van der Waals surface area contributed by atoms with Gasteiger partial charge in [-0.25, -0.2) is 0 Å². The van der Waals surface area contributed by atoms with Crippen LogP contribution < -0.4 is 14.8 Å². The fourth-order valence-corrected chi connectivity index (χ4v) is 3.34. The number of ether oxygens (including phenoxy) is 2. The van der Waals surface area contributed by atoms with Gasteiger partial charge in [-0.05, 0) is 56.7 Å². The monoisotopic (exact) mass is 369 g/mol. The van der Waals surface area contributed by atoms with E-state index in [0.717, 1.165) is 5.56 Å². The fraction of sp³-hybridized carbons (Fsp3) is 0.429. The zero-order chi connectivity index (χ0) is 19.2. The van der Waals surface area contributed by atoms with Gasteiger partial charge >= 0.3 is 0 Å². The van der Waals surface area contributed by atoms with Crippen LogP contribution in [0.5, 0.6) is 11.5 Å². The number of hydrogen-bond donors (Lipinski definition) is 1. The first-order valence-electron chi connectivity index (χ1n) is 9.40. The third kappa shape index (κ3) is 4.98. The molecule has 1 aliphatic rings. The minimum Gasteiger partial charge on any atom is -0.490 e. The smallest absolute Gasteiger partial charge is 0.254 e. The highest BCUT2D eigenvalue weighted by molar-refractivity contribution is 5.95. The molecule has 1 N–H and O–H groups in total. The highest BCUT2D eigenvalue weighted by Gasteiger charge is 2.26. The molecule has 0 saturated carbocycles. The van der Waals surface area contributed by atoms with E-state index < -0.39 is 0 Å². The molecule has 6 heteroatoms. The van der Waals surface area contributed by atoms with Gasteiger partial charge in [-0.2, -0.15) is 0 Å². The SMILES string of the molecule is CCOc1cc(C(=O)N2C[C@@H](C)N[C@@H](C)C2)ccc1OCc1ccncc1. The summed E-state index contributed by atoms with van der Waals surface area (Å²) < 4.78 is 11.6. The number of carbonyl (C=O) groups excluding carboxylic acids is 1. The van der Waals surface area contributed by atoms with Gasteiger partial charge in [-0.1, -0.05) is 0 Å². The molecule has 0 spiro atoms. The predicted octanol–water partition coefficient (Wildman–Crippen LogP) is 2.88. The Morgan fingerprint density at radius 3 is 2.48 bits per heavy atom. The molecule has 6 nitrogen and oxygen atoms in total. The predicted molar refractivity (Wildman–Crippen MR) is 104 cm³/mol. The molecule has 2 heterocycles. The lowest BCUT2D eigenvalue weighted by atomic mass is 10.1. The molecule has 3 rings (SSSR count). The number of rotatable bonds is 6. The van der Waals surface area contributed by atoms with E-state index in [9.17, 15) is 4.79 Å². The van der Waals surface area contributed by atoms with Crippen molar-refractivity contribution in [3.05, 3.63) is 53.9 Å². The number of amides is 1. The number of nitrogens with zero attached hydrogens (tertiary/aromatic N) is 2. The van der Waals surface area contributed by atoms with Gasteiger partial charge in [0.15, 0.2) is 11.5 Å². The molecule has 2 atom stereocenters. The Labute approximate surface area is 160 Å². The molecule has 27 heavy (non-hydrogen) atoms. The Hall–Kier alpha value is -2.60. The first-order chi connectivity index (χ1) is 13.1. The summed E-state index contributed by atoms with van der Waals surface area (Å²) in [6, 6.07) is 9.79. The zero-order valence-corrected chi connectivity index (χ0v) is 16.1. The van der Waals surface area contributed by atoms with Gasteiger partial charge in [0.1, 0.15) is 6.61 Å². The summed E-state index contributed by atoms with van der Waals surface area (Å²) in [6.45, 7) is 8.44. The summed E-state index contributed by atoms with van der Waals surface area (Å²) in [5, 5.41) is 3.45. The molecular formula is C21H27N3O3. The van der Waals surface area contributed by atoms with Crippen LogP contribution in [0, 0.1) is 0 Å². The van der Waals surface area contributed by atoms with E-state index in [0.29, 0.717) is 43.4 Å². The largest absolute Gasteiger partial charge is 0.490 e. The standard InChI is InChI=1S/C21H27N3O3/c1-4-26-20-11-18(21(25)24-12-15(2)23-16(3)13-24)5-6-19(20)27-14-17-7-9-22-10-8-17/h5-11,15-16,23H,4,12-14H2,1-3H3/t15-,16+. The first-order valence-corrected chi connectivity index (χ1v) is 9.40. The van der Waals surface area contributed by atoms with Gasteiger partial charge < -0.3 is 19.7 Å². The second-order valence-corrected chi connectivity index (χ2v) is 6.92.